The van der Waals surface area contributed by atoms with Gasteiger partial charge in [-0.3, -0.25) is 0 Å². The van der Waals surface area contributed by atoms with Crippen LogP contribution < -0.4 is 4.74 Å². The van der Waals surface area contributed by atoms with Crippen molar-refractivity contribution >= 4 is 27.5 Å². The Morgan fingerprint density at radius 3 is 2.44 bits per heavy atom. The Balaban J connectivity index is 2.26. The zero-order valence-electron chi connectivity index (χ0n) is 8.95. The molecular weight excluding hydrogens is 321 g/mol. The third-order valence-corrected chi connectivity index (χ3v) is 3.15. The topological polar surface area (TPSA) is 33.0 Å². The van der Waals surface area contributed by atoms with Crippen LogP contribution in [0.4, 0.5) is 4.39 Å². The Morgan fingerprint density at radius 2 is 1.83 bits per heavy atom. The monoisotopic (exact) mass is 325 g/mol. The van der Waals surface area contributed by atoms with Crippen LogP contribution >= 0.6 is 27.5 Å². The van der Waals surface area contributed by atoms with Crippen LogP contribution in [0.3, 0.4) is 0 Å². The van der Waals surface area contributed by atoms with Gasteiger partial charge in [-0.05, 0) is 46.3 Å². The second-order valence-electron chi connectivity index (χ2n) is 3.43. The predicted molar refractivity (Wildman–Crippen MR) is 70.3 cm³/mol. The summed E-state index contributed by atoms with van der Waals surface area (Å²) < 4.78 is 19.3. The highest BCUT2D eigenvalue weighted by Crippen LogP contribution is 2.28. The maximum Gasteiger partial charge on any atom is 0.145 e. The van der Waals surface area contributed by atoms with E-state index in [9.17, 15) is 4.39 Å². The summed E-state index contributed by atoms with van der Waals surface area (Å²) in [4.78, 5) is 0. The number of benzene rings is 2. The van der Waals surface area contributed by atoms with Crippen LogP contribution in [0.2, 0.25) is 5.02 Å². The molecule has 0 radical (unpaired) electrons. The van der Waals surface area contributed by atoms with Crippen molar-refractivity contribution in [1.29, 1.82) is 5.26 Å². The van der Waals surface area contributed by atoms with Gasteiger partial charge in [-0.25, -0.2) is 4.39 Å². The van der Waals surface area contributed by atoms with E-state index >= 15 is 0 Å². The van der Waals surface area contributed by atoms with Gasteiger partial charge in [-0.1, -0.05) is 11.6 Å². The van der Waals surface area contributed by atoms with Crippen molar-refractivity contribution in [3.63, 3.8) is 0 Å². The fourth-order valence-electron chi connectivity index (χ4n) is 1.33. The molecule has 0 spiro atoms. The van der Waals surface area contributed by atoms with E-state index < -0.39 is 5.82 Å². The molecule has 0 aliphatic heterocycles. The van der Waals surface area contributed by atoms with E-state index in [-0.39, 0.29) is 5.02 Å². The quantitative estimate of drug-likeness (QED) is 0.786. The summed E-state index contributed by atoms with van der Waals surface area (Å²) >= 11 is 8.82. The van der Waals surface area contributed by atoms with E-state index in [0.717, 1.165) is 0 Å². The second kappa shape index (κ2) is 5.38. The molecule has 0 saturated carbocycles. The van der Waals surface area contributed by atoms with Crippen LogP contribution in [0.5, 0.6) is 11.5 Å². The molecule has 90 valence electrons. The Bertz CT molecular complexity index is 639. The second-order valence-corrected chi connectivity index (χ2v) is 4.69. The van der Waals surface area contributed by atoms with Crippen molar-refractivity contribution < 1.29 is 9.13 Å². The predicted octanol–water partition coefficient (Wildman–Crippen LogP) is 4.91. The first-order chi connectivity index (χ1) is 8.60. The number of ether oxygens (including phenoxy) is 1. The molecule has 2 aromatic carbocycles. The van der Waals surface area contributed by atoms with Crippen molar-refractivity contribution in [2.75, 3.05) is 0 Å². The average Bonchev–Trinajstić information content (AvgIpc) is 2.34. The van der Waals surface area contributed by atoms with Gasteiger partial charge in [0.25, 0.3) is 0 Å². The summed E-state index contributed by atoms with van der Waals surface area (Å²) in [6, 6.07) is 11.1. The number of hydrogen-bond donors (Lipinski definition) is 0. The van der Waals surface area contributed by atoms with Crippen LogP contribution in [0.1, 0.15) is 5.56 Å². The largest absolute Gasteiger partial charge is 0.457 e. The highest BCUT2D eigenvalue weighted by molar-refractivity contribution is 9.10. The first-order valence-corrected chi connectivity index (χ1v) is 6.10. The van der Waals surface area contributed by atoms with Crippen molar-refractivity contribution in [2.24, 2.45) is 0 Å². The molecule has 0 aromatic heterocycles. The molecule has 0 N–H and O–H groups in total. The molecule has 0 aliphatic rings. The van der Waals surface area contributed by atoms with Crippen molar-refractivity contribution in [3.05, 3.63) is 57.3 Å². The molecule has 2 nitrogen and oxygen atoms in total. The lowest BCUT2D eigenvalue weighted by molar-refractivity contribution is 0.476. The minimum absolute atomic E-state index is 0.0448. The Morgan fingerprint density at radius 1 is 1.17 bits per heavy atom. The molecule has 0 fully saturated rings. The van der Waals surface area contributed by atoms with Crippen LogP contribution in [0.25, 0.3) is 0 Å². The van der Waals surface area contributed by atoms with Crippen LogP contribution in [0, 0.1) is 17.1 Å². The van der Waals surface area contributed by atoms with E-state index in [4.69, 9.17) is 21.6 Å². The molecule has 0 heterocycles. The van der Waals surface area contributed by atoms with E-state index in [1.165, 1.54) is 12.1 Å². The molecule has 0 saturated heterocycles. The number of rotatable bonds is 2. The molecule has 18 heavy (non-hydrogen) atoms. The molecule has 0 atom stereocenters. The zero-order valence-corrected chi connectivity index (χ0v) is 11.3. The lowest BCUT2D eigenvalue weighted by Gasteiger charge is -2.07. The molecule has 0 aliphatic carbocycles. The smallest absolute Gasteiger partial charge is 0.145 e. The van der Waals surface area contributed by atoms with Crippen molar-refractivity contribution in [1.82, 2.24) is 0 Å². The fourth-order valence-corrected chi connectivity index (χ4v) is 1.89. The molecule has 5 heteroatoms. The van der Waals surface area contributed by atoms with E-state index in [2.05, 4.69) is 15.9 Å². The van der Waals surface area contributed by atoms with Gasteiger partial charge < -0.3 is 4.74 Å². The maximum absolute atomic E-state index is 13.2. The summed E-state index contributed by atoms with van der Waals surface area (Å²) in [6.45, 7) is 0. The summed E-state index contributed by atoms with van der Waals surface area (Å²) in [7, 11) is 0. The molecule has 0 bridgehead atoms. The van der Waals surface area contributed by atoms with E-state index in [0.29, 0.717) is 21.5 Å². The SMILES string of the molecule is N#Cc1ccc(Oc2ccc(Cl)c(F)c2)cc1Br. The summed E-state index contributed by atoms with van der Waals surface area (Å²) in [5, 5.41) is 8.83. The molecule has 0 amide bonds. The number of hydrogen-bond acceptors (Lipinski definition) is 2. The standard InChI is InChI=1S/C13H6BrClFNO/c14-11-5-9(2-1-8(11)7-17)18-10-3-4-12(15)13(16)6-10/h1-6H. The lowest BCUT2D eigenvalue weighted by Crippen LogP contribution is -1.87. The summed E-state index contributed by atoms with van der Waals surface area (Å²) in [5.41, 5.74) is 0.504. The number of nitrogens with zero attached hydrogens (tertiary/aromatic N) is 1. The van der Waals surface area contributed by atoms with Gasteiger partial charge in [0.2, 0.25) is 0 Å². The first-order valence-electron chi connectivity index (χ1n) is 4.92. The zero-order chi connectivity index (χ0) is 13.1. The van der Waals surface area contributed by atoms with E-state index in [1.54, 1.807) is 24.3 Å². The maximum atomic E-state index is 13.2. The van der Waals surface area contributed by atoms with Gasteiger partial charge in [0.1, 0.15) is 23.4 Å². The van der Waals surface area contributed by atoms with Crippen LogP contribution in [0.15, 0.2) is 40.9 Å². The van der Waals surface area contributed by atoms with E-state index in [1.807, 2.05) is 6.07 Å². The minimum atomic E-state index is -0.540. The minimum Gasteiger partial charge on any atom is -0.457 e. The normalized spacial score (nSPS) is 9.89. The first kappa shape index (κ1) is 12.9. The van der Waals surface area contributed by atoms with Gasteiger partial charge >= 0.3 is 0 Å². The highest BCUT2D eigenvalue weighted by atomic mass is 79.9. The summed E-state index contributed by atoms with van der Waals surface area (Å²) in [6.07, 6.45) is 0. The summed E-state index contributed by atoms with van der Waals surface area (Å²) in [5.74, 6) is 0.304. The van der Waals surface area contributed by atoms with Crippen LogP contribution in [-0.2, 0) is 0 Å². The Hall–Kier alpha value is -1.57. The molecule has 2 aromatic rings. The van der Waals surface area contributed by atoms with Gasteiger partial charge in [-0.15, -0.1) is 0 Å². The molecule has 2 rings (SSSR count). The highest BCUT2D eigenvalue weighted by Gasteiger charge is 2.05. The van der Waals surface area contributed by atoms with Gasteiger partial charge in [0.05, 0.1) is 10.6 Å². The third kappa shape index (κ3) is 2.81. The van der Waals surface area contributed by atoms with Gasteiger partial charge in [0.15, 0.2) is 0 Å². The number of halogens is 3. The molecule has 0 unspecified atom stereocenters. The average molecular weight is 327 g/mol. The Kier molecular flexibility index (Phi) is 3.85. The third-order valence-electron chi connectivity index (χ3n) is 2.19. The van der Waals surface area contributed by atoms with Crippen LogP contribution in [-0.4, -0.2) is 0 Å². The van der Waals surface area contributed by atoms with Crippen molar-refractivity contribution in [2.45, 2.75) is 0 Å². The lowest BCUT2D eigenvalue weighted by atomic mass is 10.2. The molecular formula is C13H6BrClFNO. The fraction of sp³-hybridized carbons (Fsp3) is 0. The number of nitriles is 1. The van der Waals surface area contributed by atoms with Gasteiger partial charge in [0, 0.05) is 10.5 Å². The van der Waals surface area contributed by atoms with Crippen molar-refractivity contribution in [3.8, 4) is 17.6 Å². The Labute approximate surface area is 117 Å². The van der Waals surface area contributed by atoms with Gasteiger partial charge in [-0.2, -0.15) is 5.26 Å².